The summed E-state index contributed by atoms with van der Waals surface area (Å²) in [7, 11) is 0. The molecule has 1 aromatic heterocycles. The summed E-state index contributed by atoms with van der Waals surface area (Å²) in [5.74, 6) is 1.05. The van der Waals surface area contributed by atoms with Crippen LogP contribution in [0.3, 0.4) is 0 Å². The molecule has 2 amide bonds. The minimum Gasteiger partial charge on any atom is -0.334 e. The zero-order chi connectivity index (χ0) is 20.1. The number of hydrogen-bond donors (Lipinski definition) is 1. The molecule has 9 heteroatoms. The SMILES string of the molecule is CCc1nccn1CCN1CCN(C(=O)Nc2cccc(C(F)(F)F)c2)CC1. The van der Waals surface area contributed by atoms with E-state index in [0.29, 0.717) is 13.1 Å². The monoisotopic (exact) mass is 395 g/mol. The topological polar surface area (TPSA) is 53.4 Å². The number of anilines is 1. The normalized spacial score (nSPS) is 15.6. The van der Waals surface area contributed by atoms with E-state index in [2.05, 4.69) is 26.7 Å². The Kier molecular flexibility index (Phi) is 6.23. The number of amides is 2. The van der Waals surface area contributed by atoms with Crippen molar-refractivity contribution in [2.45, 2.75) is 26.1 Å². The van der Waals surface area contributed by atoms with Crippen LogP contribution in [-0.2, 0) is 19.1 Å². The third kappa shape index (κ3) is 5.03. The van der Waals surface area contributed by atoms with Gasteiger partial charge >= 0.3 is 12.2 Å². The molecule has 0 unspecified atom stereocenters. The predicted octanol–water partition coefficient (Wildman–Crippen LogP) is 3.31. The molecule has 0 atom stereocenters. The summed E-state index contributed by atoms with van der Waals surface area (Å²) >= 11 is 0. The average molecular weight is 395 g/mol. The number of carbonyl (C=O) groups excluding carboxylic acids is 1. The van der Waals surface area contributed by atoms with Crippen molar-refractivity contribution in [1.82, 2.24) is 19.4 Å². The van der Waals surface area contributed by atoms with Gasteiger partial charge in [-0.2, -0.15) is 13.2 Å². The highest BCUT2D eigenvalue weighted by atomic mass is 19.4. The maximum absolute atomic E-state index is 12.8. The van der Waals surface area contributed by atoms with Crippen molar-refractivity contribution in [2.24, 2.45) is 0 Å². The Morgan fingerprint density at radius 3 is 2.61 bits per heavy atom. The van der Waals surface area contributed by atoms with E-state index in [1.165, 1.54) is 12.1 Å². The Morgan fingerprint density at radius 2 is 1.93 bits per heavy atom. The summed E-state index contributed by atoms with van der Waals surface area (Å²) in [5.41, 5.74) is -0.629. The van der Waals surface area contributed by atoms with Crippen molar-refractivity contribution >= 4 is 11.7 Å². The molecule has 152 valence electrons. The van der Waals surface area contributed by atoms with Gasteiger partial charge in [-0.3, -0.25) is 4.90 Å². The van der Waals surface area contributed by atoms with Gasteiger partial charge in [0.25, 0.3) is 0 Å². The number of piperazine rings is 1. The second kappa shape index (κ2) is 8.64. The molecule has 1 saturated heterocycles. The number of nitrogens with zero attached hydrogens (tertiary/aromatic N) is 4. The Labute approximate surface area is 161 Å². The third-order valence-electron chi connectivity index (χ3n) is 4.88. The van der Waals surface area contributed by atoms with Crippen molar-refractivity contribution in [3.63, 3.8) is 0 Å². The molecule has 0 spiro atoms. The van der Waals surface area contributed by atoms with Gasteiger partial charge < -0.3 is 14.8 Å². The van der Waals surface area contributed by atoms with Crippen LogP contribution in [0.4, 0.5) is 23.7 Å². The van der Waals surface area contributed by atoms with Gasteiger partial charge in [-0.05, 0) is 18.2 Å². The number of nitrogens with one attached hydrogen (secondary N) is 1. The number of benzene rings is 1. The first-order valence-electron chi connectivity index (χ1n) is 9.32. The number of imidazole rings is 1. The van der Waals surface area contributed by atoms with Crippen molar-refractivity contribution in [3.05, 3.63) is 48.0 Å². The Balaban J connectivity index is 1.47. The van der Waals surface area contributed by atoms with E-state index >= 15 is 0 Å². The van der Waals surface area contributed by atoms with E-state index < -0.39 is 11.7 Å². The van der Waals surface area contributed by atoms with Gasteiger partial charge in [0.05, 0.1) is 5.56 Å². The highest BCUT2D eigenvalue weighted by Gasteiger charge is 2.30. The maximum atomic E-state index is 12.8. The van der Waals surface area contributed by atoms with E-state index in [0.717, 1.165) is 50.6 Å². The van der Waals surface area contributed by atoms with Crippen molar-refractivity contribution < 1.29 is 18.0 Å². The highest BCUT2D eigenvalue weighted by Crippen LogP contribution is 2.30. The number of urea groups is 1. The molecular weight excluding hydrogens is 371 g/mol. The van der Waals surface area contributed by atoms with Gasteiger partial charge in [0.1, 0.15) is 5.82 Å². The standard InChI is InChI=1S/C19H24F3N5O/c1-2-17-23-6-7-26(17)11-8-25-9-12-27(13-10-25)18(28)24-16-5-3-4-15(14-16)19(20,21)22/h3-7,14H,2,8-13H2,1H3,(H,24,28). The highest BCUT2D eigenvalue weighted by molar-refractivity contribution is 5.89. The van der Waals surface area contributed by atoms with E-state index in [1.807, 2.05) is 6.20 Å². The second-order valence-corrected chi connectivity index (χ2v) is 6.73. The van der Waals surface area contributed by atoms with Gasteiger partial charge in [-0.15, -0.1) is 0 Å². The molecule has 1 aliphatic rings. The molecule has 0 aliphatic carbocycles. The lowest BCUT2D eigenvalue weighted by Gasteiger charge is -2.34. The van der Waals surface area contributed by atoms with E-state index in [-0.39, 0.29) is 11.7 Å². The molecule has 0 bridgehead atoms. The Hall–Kier alpha value is -2.55. The van der Waals surface area contributed by atoms with E-state index in [4.69, 9.17) is 0 Å². The van der Waals surface area contributed by atoms with Crippen molar-refractivity contribution in [1.29, 1.82) is 0 Å². The number of hydrogen-bond acceptors (Lipinski definition) is 3. The van der Waals surface area contributed by atoms with Crippen LogP contribution in [0.25, 0.3) is 0 Å². The van der Waals surface area contributed by atoms with Gasteiger partial charge in [-0.1, -0.05) is 13.0 Å². The lowest BCUT2D eigenvalue weighted by Crippen LogP contribution is -2.50. The smallest absolute Gasteiger partial charge is 0.334 e. The quantitative estimate of drug-likeness (QED) is 0.845. The van der Waals surface area contributed by atoms with Gasteiger partial charge in [0.15, 0.2) is 0 Å². The molecule has 1 fully saturated rings. The first-order chi connectivity index (χ1) is 13.4. The number of aryl methyl sites for hydroxylation is 1. The van der Waals surface area contributed by atoms with Crippen molar-refractivity contribution in [2.75, 3.05) is 38.0 Å². The number of carbonyl (C=O) groups is 1. The van der Waals surface area contributed by atoms with E-state index in [9.17, 15) is 18.0 Å². The fraction of sp³-hybridized carbons (Fsp3) is 0.474. The fourth-order valence-corrected chi connectivity index (χ4v) is 3.26. The van der Waals surface area contributed by atoms with Crippen molar-refractivity contribution in [3.8, 4) is 0 Å². The molecule has 1 N–H and O–H groups in total. The van der Waals surface area contributed by atoms with Crippen LogP contribution in [0.1, 0.15) is 18.3 Å². The second-order valence-electron chi connectivity index (χ2n) is 6.73. The van der Waals surface area contributed by atoms with Gasteiger partial charge in [0.2, 0.25) is 0 Å². The fourth-order valence-electron chi connectivity index (χ4n) is 3.26. The zero-order valence-electron chi connectivity index (χ0n) is 15.7. The number of rotatable bonds is 5. The molecule has 6 nitrogen and oxygen atoms in total. The summed E-state index contributed by atoms with van der Waals surface area (Å²) in [6.07, 6.45) is 0.224. The molecule has 2 aromatic rings. The van der Waals surface area contributed by atoms with Gasteiger partial charge in [0, 0.05) is 63.8 Å². The average Bonchev–Trinajstić information content (AvgIpc) is 3.14. The van der Waals surface area contributed by atoms with Crippen LogP contribution in [0.15, 0.2) is 36.7 Å². The van der Waals surface area contributed by atoms with E-state index in [1.54, 1.807) is 11.1 Å². The van der Waals surface area contributed by atoms with Crippen LogP contribution in [0, 0.1) is 0 Å². The molecule has 1 aromatic carbocycles. The largest absolute Gasteiger partial charge is 0.416 e. The zero-order valence-corrected chi connectivity index (χ0v) is 15.7. The van der Waals surface area contributed by atoms with Crippen LogP contribution in [-0.4, -0.2) is 58.1 Å². The third-order valence-corrected chi connectivity index (χ3v) is 4.88. The van der Waals surface area contributed by atoms with Crippen LogP contribution < -0.4 is 5.32 Å². The predicted molar refractivity (Wildman–Crippen MR) is 100 cm³/mol. The number of halogens is 3. The summed E-state index contributed by atoms with van der Waals surface area (Å²) in [4.78, 5) is 20.6. The van der Waals surface area contributed by atoms with Crippen LogP contribution in [0.5, 0.6) is 0 Å². The maximum Gasteiger partial charge on any atom is 0.416 e. The minimum absolute atomic E-state index is 0.148. The number of aromatic nitrogens is 2. The summed E-state index contributed by atoms with van der Waals surface area (Å²) in [5, 5.41) is 2.56. The van der Waals surface area contributed by atoms with Crippen LogP contribution in [0.2, 0.25) is 0 Å². The Bertz CT molecular complexity index is 797. The molecule has 0 radical (unpaired) electrons. The summed E-state index contributed by atoms with van der Waals surface area (Å²) < 4.78 is 40.5. The number of alkyl halides is 3. The molecule has 3 rings (SSSR count). The molecule has 1 aliphatic heterocycles. The lowest BCUT2D eigenvalue weighted by molar-refractivity contribution is -0.137. The summed E-state index contributed by atoms with van der Waals surface area (Å²) in [6.45, 7) is 6.32. The summed E-state index contributed by atoms with van der Waals surface area (Å²) in [6, 6.07) is 4.31. The lowest BCUT2D eigenvalue weighted by atomic mass is 10.2. The molecule has 0 saturated carbocycles. The Morgan fingerprint density at radius 1 is 1.18 bits per heavy atom. The molecular formula is C19H24F3N5O. The minimum atomic E-state index is -4.43. The first-order valence-corrected chi connectivity index (χ1v) is 9.32. The molecule has 2 heterocycles. The van der Waals surface area contributed by atoms with Crippen LogP contribution >= 0.6 is 0 Å². The van der Waals surface area contributed by atoms with Gasteiger partial charge in [-0.25, -0.2) is 9.78 Å². The molecule has 28 heavy (non-hydrogen) atoms. The first kappa shape index (κ1) is 20.2.